The number of phenols is 1. The number of carbonyl (C=O) groups excluding carboxylic acids is 3. The molecule has 0 aliphatic heterocycles. The highest BCUT2D eigenvalue weighted by Crippen LogP contribution is 2.34. The fourth-order valence-electron chi connectivity index (χ4n) is 3.65. The topological polar surface area (TPSA) is 152 Å². The predicted molar refractivity (Wildman–Crippen MR) is 141 cm³/mol. The number of nitrogens with two attached hydrogens (primary N) is 2. The summed E-state index contributed by atoms with van der Waals surface area (Å²) in [5.41, 5.74) is 12.5. The summed E-state index contributed by atoms with van der Waals surface area (Å²) in [6.45, 7) is 9.61. The van der Waals surface area contributed by atoms with Crippen LogP contribution in [0, 0.1) is 0 Å². The van der Waals surface area contributed by atoms with Crippen molar-refractivity contribution >= 4 is 40.6 Å². The smallest absolute Gasteiger partial charge is 0.273 e. The number of nitrogens with zero attached hydrogens (tertiary/aromatic N) is 2. The van der Waals surface area contributed by atoms with Gasteiger partial charge in [-0.25, -0.2) is 0 Å². The molecule has 6 N–H and O–H groups in total. The van der Waals surface area contributed by atoms with Crippen molar-refractivity contribution in [1.29, 1.82) is 0 Å². The van der Waals surface area contributed by atoms with Gasteiger partial charge in [0.2, 0.25) is 5.91 Å². The second kappa shape index (κ2) is 10.4. The first-order valence-electron chi connectivity index (χ1n) is 11.4. The fourth-order valence-corrected chi connectivity index (χ4v) is 4.40. The van der Waals surface area contributed by atoms with Gasteiger partial charge < -0.3 is 21.9 Å². The molecule has 3 amide bonds. The molecule has 1 atom stereocenters. The number of anilines is 2. The lowest BCUT2D eigenvalue weighted by Gasteiger charge is -2.33. The summed E-state index contributed by atoms with van der Waals surface area (Å²) in [7, 11) is 0. The van der Waals surface area contributed by atoms with Crippen LogP contribution in [0.15, 0.2) is 48.5 Å². The van der Waals surface area contributed by atoms with Crippen molar-refractivity contribution in [2.24, 2.45) is 5.73 Å². The zero-order chi connectivity index (χ0) is 26.8. The van der Waals surface area contributed by atoms with E-state index in [9.17, 15) is 19.5 Å². The first kappa shape index (κ1) is 26.7. The standard InChI is InChI=1S/C26H31N5O4S/c1-14(2)15-6-10-17(11-7-15)31(25(35)22-19(27)20(23(28)33)30-36-22)21(24(34)29-26(3,4)5)16-8-12-18(32)13-9-16/h6-14,21,32H,27H2,1-5H3,(H2,28,33)(H,29,34)/t21-/m1/s1. The number of phenolic OH excluding ortho intramolecular Hbond substituents is 1. The first-order valence-corrected chi connectivity index (χ1v) is 12.2. The van der Waals surface area contributed by atoms with Crippen LogP contribution in [0.1, 0.15) is 77.9 Å². The quantitative estimate of drug-likeness (QED) is 0.378. The van der Waals surface area contributed by atoms with Gasteiger partial charge in [-0.05, 0) is 73.6 Å². The number of hydrogen-bond donors (Lipinski definition) is 4. The zero-order valence-electron chi connectivity index (χ0n) is 20.9. The Kier molecular flexibility index (Phi) is 7.68. The summed E-state index contributed by atoms with van der Waals surface area (Å²) >= 11 is 0.745. The number of nitrogens with one attached hydrogen (secondary N) is 1. The second-order valence-corrected chi connectivity index (χ2v) is 10.6. The Morgan fingerprint density at radius 2 is 1.56 bits per heavy atom. The number of aromatic hydroxyl groups is 1. The molecule has 0 aliphatic carbocycles. The van der Waals surface area contributed by atoms with E-state index >= 15 is 0 Å². The Labute approximate surface area is 214 Å². The Bertz CT molecular complexity index is 1260. The Morgan fingerprint density at radius 1 is 1.00 bits per heavy atom. The molecule has 36 heavy (non-hydrogen) atoms. The van der Waals surface area contributed by atoms with Crippen molar-refractivity contribution in [2.75, 3.05) is 10.6 Å². The first-order chi connectivity index (χ1) is 16.8. The van der Waals surface area contributed by atoms with Gasteiger partial charge >= 0.3 is 0 Å². The third-order valence-corrected chi connectivity index (χ3v) is 6.28. The summed E-state index contributed by atoms with van der Waals surface area (Å²) in [6.07, 6.45) is 0. The third-order valence-electron chi connectivity index (χ3n) is 5.43. The molecule has 1 heterocycles. The van der Waals surface area contributed by atoms with Crippen LogP contribution in [-0.4, -0.2) is 32.7 Å². The van der Waals surface area contributed by atoms with Crippen molar-refractivity contribution < 1.29 is 19.5 Å². The molecule has 0 saturated heterocycles. The molecule has 2 aromatic carbocycles. The molecule has 0 spiro atoms. The summed E-state index contributed by atoms with van der Waals surface area (Å²) in [4.78, 5) is 40.7. The van der Waals surface area contributed by atoms with Gasteiger partial charge in [-0.1, -0.05) is 38.1 Å². The molecule has 0 unspecified atom stereocenters. The van der Waals surface area contributed by atoms with Gasteiger partial charge in [0, 0.05) is 11.2 Å². The van der Waals surface area contributed by atoms with Gasteiger partial charge in [-0.2, -0.15) is 4.37 Å². The van der Waals surface area contributed by atoms with Gasteiger partial charge in [0.25, 0.3) is 11.8 Å². The average Bonchev–Trinajstić information content (AvgIpc) is 3.18. The van der Waals surface area contributed by atoms with Crippen LogP contribution in [0.4, 0.5) is 11.4 Å². The number of aromatic nitrogens is 1. The van der Waals surface area contributed by atoms with Crippen LogP contribution in [-0.2, 0) is 4.79 Å². The van der Waals surface area contributed by atoms with E-state index < -0.39 is 29.3 Å². The van der Waals surface area contributed by atoms with Crippen LogP contribution in [0.25, 0.3) is 0 Å². The monoisotopic (exact) mass is 509 g/mol. The number of hydrogen-bond acceptors (Lipinski definition) is 7. The third kappa shape index (κ3) is 5.83. The highest BCUT2D eigenvalue weighted by atomic mass is 32.1. The Balaban J connectivity index is 2.23. The minimum atomic E-state index is -1.12. The molecule has 0 radical (unpaired) electrons. The molecular weight excluding hydrogens is 478 g/mol. The summed E-state index contributed by atoms with van der Waals surface area (Å²) in [5.74, 6) is -1.62. The van der Waals surface area contributed by atoms with Gasteiger partial charge in [0.1, 0.15) is 16.7 Å². The van der Waals surface area contributed by atoms with Gasteiger partial charge in [0.05, 0.1) is 5.69 Å². The van der Waals surface area contributed by atoms with E-state index in [2.05, 4.69) is 23.5 Å². The number of primary amides is 1. The lowest BCUT2D eigenvalue weighted by Crippen LogP contribution is -2.49. The summed E-state index contributed by atoms with van der Waals surface area (Å²) in [6, 6.07) is 12.2. The molecule has 0 aliphatic rings. The number of benzene rings is 2. The highest BCUT2D eigenvalue weighted by molar-refractivity contribution is 7.09. The second-order valence-electron chi connectivity index (χ2n) is 9.79. The summed E-state index contributed by atoms with van der Waals surface area (Å²) in [5, 5.41) is 12.8. The lowest BCUT2D eigenvalue weighted by molar-refractivity contribution is -0.123. The predicted octanol–water partition coefficient (Wildman–Crippen LogP) is 3.96. The molecule has 10 heteroatoms. The lowest BCUT2D eigenvalue weighted by atomic mass is 9.99. The maximum atomic E-state index is 14.0. The van der Waals surface area contributed by atoms with Crippen molar-refractivity contribution in [3.8, 4) is 5.75 Å². The van der Waals surface area contributed by atoms with Crippen LogP contribution in [0.2, 0.25) is 0 Å². The average molecular weight is 510 g/mol. The van der Waals surface area contributed by atoms with E-state index in [1.807, 2.05) is 32.9 Å². The minimum absolute atomic E-state index is 0.0101. The van der Waals surface area contributed by atoms with E-state index in [-0.39, 0.29) is 27.9 Å². The maximum absolute atomic E-state index is 14.0. The van der Waals surface area contributed by atoms with Crippen molar-refractivity contribution in [2.45, 2.75) is 52.1 Å². The SMILES string of the molecule is CC(C)c1ccc(N(C(=O)c2snc(C(N)=O)c2N)[C@@H](C(=O)NC(C)(C)C)c2ccc(O)cc2)cc1. The van der Waals surface area contributed by atoms with Gasteiger partial charge in [0.15, 0.2) is 5.69 Å². The van der Waals surface area contributed by atoms with Crippen molar-refractivity contribution in [1.82, 2.24) is 9.69 Å². The van der Waals surface area contributed by atoms with E-state index in [1.54, 1.807) is 24.3 Å². The molecule has 0 fully saturated rings. The number of carbonyl (C=O) groups is 3. The molecule has 3 aromatic rings. The van der Waals surface area contributed by atoms with Gasteiger partial charge in [-0.3, -0.25) is 19.3 Å². The van der Waals surface area contributed by atoms with Crippen LogP contribution < -0.4 is 21.7 Å². The molecule has 9 nitrogen and oxygen atoms in total. The van der Waals surface area contributed by atoms with E-state index in [4.69, 9.17) is 11.5 Å². The fraction of sp³-hybridized carbons (Fsp3) is 0.308. The number of amides is 3. The molecule has 0 saturated carbocycles. The maximum Gasteiger partial charge on any atom is 0.273 e. The van der Waals surface area contributed by atoms with E-state index in [1.165, 1.54) is 17.0 Å². The van der Waals surface area contributed by atoms with Gasteiger partial charge in [-0.15, -0.1) is 0 Å². The largest absolute Gasteiger partial charge is 0.508 e. The zero-order valence-corrected chi connectivity index (χ0v) is 21.7. The molecule has 190 valence electrons. The van der Waals surface area contributed by atoms with Crippen LogP contribution in [0.5, 0.6) is 5.75 Å². The molecule has 3 rings (SSSR count). The minimum Gasteiger partial charge on any atom is -0.508 e. The van der Waals surface area contributed by atoms with Crippen molar-refractivity contribution in [3.63, 3.8) is 0 Å². The van der Waals surface area contributed by atoms with Crippen molar-refractivity contribution in [3.05, 3.63) is 70.2 Å². The number of rotatable bonds is 7. The Morgan fingerprint density at radius 3 is 2.03 bits per heavy atom. The Hall–Kier alpha value is -3.92. The number of nitrogen functional groups attached to an aromatic ring is 1. The van der Waals surface area contributed by atoms with Crippen LogP contribution in [0.3, 0.4) is 0 Å². The normalized spacial score (nSPS) is 12.3. The molecular formula is C26H31N5O4S. The van der Waals surface area contributed by atoms with E-state index in [0.717, 1.165) is 17.1 Å². The van der Waals surface area contributed by atoms with E-state index in [0.29, 0.717) is 11.3 Å². The highest BCUT2D eigenvalue weighted by Gasteiger charge is 2.37. The summed E-state index contributed by atoms with van der Waals surface area (Å²) < 4.78 is 3.96. The molecule has 0 bridgehead atoms. The van der Waals surface area contributed by atoms with Crippen LogP contribution >= 0.6 is 11.5 Å². The molecule has 1 aromatic heterocycles.